The minimum atomic E-state index is -0.390. The van der Waals surface area contributed by atoms with Crippen LogP contribution in [0, 0.1) is 6.92 Å². The molecule has 0 unspecified atom stereocenters. The molecule has 0 aliphatic carbocycles. The fraction of sp³-hybridized carbons (Fsp3) is 0.136. The molecule has 1 aromatic carbocycles. The Kier molecular flexibility index (Phi) is 4.42. The van der Waals surface area contributed by atoms with Crippen molar-refractivity contribution in [3.63, 3.8) is 0 Å². The highest BCUT2D eigenvalue weighted by molar-refractivity contribution is 6.03. The lowest BCUT2D eigenvalue weighted by molar-refractivity contribution is 0.0529. The smallest absolute Gasteiger partial charge is 0.342 e. The molecule has 3 aromatic heterocycles. The molecule has 4 aromatic rings. The standard InChI is InChI=1S/C22H19N3O2/c1-3-27-22(26)20-19-13-12-17(16-9-5-4-6-10-16)14-25(19)24-21(20)18-11-7-8-15(2)23-18/h4-14H,3H2,1-2H3. The van der Waals surface area contributed by atoms with Gasteiger partial charge in [-0.2, -0.15) is 5.10 Å². The number of carbonyl (C=O) groups excluding carboxylic acids is 1. The molecule has 0 saturated heterocycles. The predicted molar refractivity (Wildman–Crippen MR) is 105 cm³/mol. The Balaban J connectivity index is 1.93. The molecular formula is C22H19N3O2. The molecule has 5 nitrogen and oxygen atoms in total. The third-order valence-electron chi connectivity index (χ3n) is 4.35. The lowest BCUT2D eigenvalue weighted by Gasteiger charge is -2.04. The van der Waals surface area contributed by atoms with Crippen molar-refractivity contribution in [3.8, 4) is 22.5 Å². The molecule has 0 aliphatic heterocycles. The molecule has 0 amide bonds. The molecule has 0 fully saturated rings. The van der Waals surface area contributed by atoms with Crippen molar-refractivity contribution in [3.05, 3.63) is 78.1 Å². The molecule has 4 rings (SSSR count). The molecule has 0 N–H and O–H groups in total. The molecule has 27 heavy (non-hydrogen) atoms. The number of hydrogen-bond donors (Lipinski definition) is 0. The maximum Gasteiger partial charge on any atom is 0.342 e. The van der Waals surface area contributed by atoms with E-state index in [9.17, 15) is 4.79 Å². The van der Waals surface area contributed by atoms with Crippen molar-refractivity contribution in [2.75, 3.05) is 6.61 Å². The molecule has 5 heteroatoms. The van der Waals surface area contributed by atoms with Crippen molar-refractivity contribution in [1.82, 2.24) is 14.6 Å². The van der Waals surface area contributed by atoms with Crippen LogP contribution in [0.3, 0.4) is 0 Å². The first kappa shape index (κ1) is 17.0. The molecule has 0 bridgehead atoms. The molecule has 0 spiro atoms. The molecule has 134 valence electrons. The fourth-order valence-corrected chi connectivity index (χ4v) is 3.11. The topological polar surface area (TPSA) is 56.5 Å². The van der Waals surface area contributed by atoms with E-state index in [1.54, 1.807) is 11.4 Å². The number of aryl methyl sites for hydroxylation is 1. The van der Waals surface area contributed by atoms with Gasteiger partial charge in [0.2, 0.25) is 0 Å². The van der Waals surface area contributed by atoms with E-state index in [1.165, 1.54) is 0 Å². The summed E-state index contributed by atoms with van der Waals surface area (Å²) < 4.78 is 7.01. The Morgan fingerprint density at radius 1 is 1.00 bits per heavy atom. The summed E-state index contributed by atoms with van der Waals surface area (Å²) in [5.41, 5.74) is 5.29. The van der Waals surface area contributed by atoms with Gasteiger partial charge in [0, 0.05) is 17.5 Å². The molecule has 0 radical (unpaired) electrons. The number of benzene rings is 1. The van der Waals surface area contributed by atoms with Crippen LogP contribution in [0.15, 0.2) is 66.9 Å². The second-order valence-corrected chi connectivity index (χ2v) is 6.22. The minimum Gasteiger partial charge on any atom is -0.462 e. The van der Waals surface area contributed by atoms with Crippen molar-refractivity contribution in [1.29, 1.82) is 0 Å². The predicted octanol–water partition coefficient (Wildman–Crippen LogP) is 4.55. The van der Waals surface area contributed by atoms with Crippen molar-refractivity contribution in [2.24, 2.45) is 0 Å². The number of nitrogens with zero attached hydrogens (tertiary/aromatic N) is 3. The van der Waals surface area contributed by atoms with E-state index in [0.29, 0.717) is 29.1 Å². The van der Waals surface area contributed by atoms with Gasteiger partial charge >= 0.3 is 5.97 Å². The second kappa shape index (κ2) is 7.03. The number of ether oxygens (including phenoxy) is 1. The van der Waals surface area contributed by atoms with Crippen LogP contribution in [0.4, 0.5) is 0 Å². The summed E-state index contributed by atoms with van der Waals surface area (Å²) in [7, 11) is 0. The lowest BCUT2D eigenvalue weighted by atomic mass is 10.1. The normalized spacial score (nSPS) is 10.9. The highest BCUT2D eigenvalue weighted by Gasteiger charge is 2.23. The van der Waals surface area contributed by atoms with E-state index in [0.717, 1.165) is 16.8 Å². The number of carbonyl (C=O) groups is 1. The Bertz CT molecular complexity index is 1120. The molecule has 0 saturated carbocycles. The number of rotatable bonds is 4. The first-order valence-corrected chi connectivity index (χ1v) is 8.86. The first-order chi connectivity index (χ1) is 13.2. The van der Waals surface area contributed by atoms with Gasteiger partial charge in [-0.1, -0.05) is 42.5 Å². The van der Waals surface area contributed by atoms with Crippen molar-refractivity contribution < 1.29 is 9.53 Å². The summed E-state index contributed by atoms with van der Waals surface area (Å²) in [5, 5.41) is 4.67. The van der Waals surface area contributed by atoms with Crippen LogP contribution < -0.4 is 0 Å². The van der Waals surface area contributed by atoms with Gasteiger partial charge in [-0.05, 0) is 37.6 Å². The van der Waals surface area contributed by atoms with Crippen LogP contribution in [0.1, 0.15) is 23.0 Å². The number of fused-ring (bicyclic) bond motifs is 1. The van der Waals surface area contributed by atoms with E-state index in [-0.39, 0.29) is 0 Å². The third-order valence-corrected chi connectivity index (χ3v) is 4.35. The zero-order chi connectivity index (χ0) is 18.8. The maximum absolute atomic E-state index is 12.7. The largest absolute Gasteiger partial charge is 0.462 e. The summed E-state index contributed by atoms with van der Waals surface area (Å²) in [6, 6.07) is 19.6. The third kappa shape index (κ3) is 3.19. The zero-order valence-electron chi connectivity index (χ0n) is 15.2. The summed E-state index contributed by atoms with van der Waals surface area (Å²) in [5.74, 6) is -0.390. The molecule has 0 aliphatic rings. The minimum absolute atomic E-state index is 0.305. The molecular weight excluding hydrogens is 338 g/mol. The van der Waals surface area contributed by atoms with E-state index in [2.05, 4.69) is 10.1 Å². The fourth-order valence-electron chi connectivity index (χ4n) is 3.11. The van der Waals surface area contributed by atoms with E-state index in [4.69, 9.17) is 4.74 Å². The SMILES string of the molecule is CCOC(=O)c1c(-c2cccc(C)n2)nn2cc(-c3ccccc3)ccc12. The van der Waals surface area contributed by atoms with Gasteiger partial charge in [-0.25, -0.2) is 9.31 Å². The van der Waals surface area contributed by atoms with Gasteiger partial charge < -0.3 is 4.74 Å². The Morgan fingerprint density at radius 2 is 1.81 bits per heavy atom. The van der Waals surface area contributed by atoms with Crippen molar-refractivity contribution >= 4 is 11.5 Å². The number of hydrogen-bond acceptors (Lipinski definition) is 4. The van der Waals surface area contributed by atoms with Crippen LogP contribution in [0.5, 0.6) is 0 Å². The zero-order valence-corrected chi connectivity index (χ0v) is 15.2. The van der Waals surface area contributed by atoms with Crippen LogP contribution in [0.25, 0.3) is 28.0 Å². The number of esters is 1. The Morgan fingerprint density at radius 3 is 2.56 bits per heavy atom. The maximum atomic E-state index is 12.7. The number of pyridine rings is 2. The van der Waals surface area contributed by atoms with Gasteiger partial charge in [0.05, 0.1) is 17.8 Å². The number of aromatic nitrogens is 3. The monoisotopic (exact) mass is 357 g/mol. The molecule has 0 atom stereocenters. The average molecular weight is 357 g/mol. The van der Waals surface area contributed by atoms with Crippen molar-refractivity contribution in [2.45, 2.75) is 13.8 Å². The average Bonchev–Trinajstić information content (AvgIpc) is 3.08. The first-order valence-electron chi connectivity index (χ1n) is 8.86. The van der Waals surface area contributed by atoms with Gasteiger partial charge in [0.15, 0.2) is 0 Å². The van der Waals surface area contributed by atoms with Gasteiger partial charge in [0.1, 0.15) is 11.3 Å². The summed E-state index contributed by atoms with van der Waals surface area (Å²) >= 11 is 0. The van der Waals surface area contributed by atoms with Crippen LogP contribution in [-0.4, -0.2) is 27.2 Å². The lowest BCUT2D eigenvalue weighted by Crippen LogP contribution is -2.06. The quantitative estimate of drug-likeness (QED) is 0.503. The summed E-state index contributed by atoms with van der Waals surface area (Å²) in [4.78, 5) is 17.2. The van der Waals surface area contributed by atoms with Gasteiger partial charge in [-0.3, -0.25) is 4.98 Å². The highest BCUT2D eigenvalue weighted by Crippen LogP contribution is 2.28. The van der Waals surface area contributed by atoms with Gasteiger partial charge in [0.25, 0.3) is 0 Å². The Hall–Kier alpha value is -3.47. The summed E-state index contributed by atoms with van der Waals surface area (Å²) in [6.07, 6.45) is 1.92. The highest BCUT2D eigenvalue weighted by atomic mass is 16.5. The van der Waals surface area contributed by atoms with E-state index in [1.807, 2.05) is 73.8 Å². The molecule has 3 heterocycles. The second-order valence-electron chi connectivity index (χ2n) is 6.22. The van der Waals surface area contributed by atoms with E-state index >= 15 is 0 Å². The van der Waals surface area contributed by atoms with Crippen LogP contribution in [-0.2, 0) is 4.74 Å². The van der Waals surface area contributed by atoms with Gasteiger partial charge in [-0.15, -0.1) is 0 Å². The Labute approximate surface area is 157 Å². The summed E-state index contributed by atoms with van der Waals surface area (Å²) in [6.45, 7) is 4.01. The van der Waals surface area contributed by atoms with Crippen LogP contribution in [0.2, 0.25) is 0 Å². The van der Waals surface area contributed by atoms with Crippen LogP contribution >= 0.6 is 0 Å². The van der Waals surface area contributed by atoms with E-state index < -0.39 is 5.97 Å².